The minimum Gasteiger partial charge on any atom is -0.258 e. The zero-order chi connectivity index (χ0) is 16.3. The van der Waals surface area contributed by atoms with Gasteiger partial charge in [-0.1, -0.05) is 24.3 Å². The molecule has 0 fully saturated rings. The zero-order valence-corrected chi connectivity index (χ0v) is 13.8. The maximum atomic E-state index is 11.5. The van der Waals surface area contributed by atoms with Gasteiger partial charge in [0, 0.05) is 18.1 Å². The van der Waals surface area contributed by atoms with Gasteiger partial charge in [0.25, 0.3) is 5.69 Å². The molecule has 0 spiro atoms. The molecule has 7 heteroatoms. The van der Waals surface area contributed by atoms with E-state index < -0.39 is 14.8 Å². The van der Waals surface area contributed by atoms with Gasteiger partial charge in [0.2, 0.25) is 0 Å². The van der Waals surface area contributed by atoms with Crippen molar-refractivity contribution in [1.82, 2.24) is 0 Å². The van der Waals surface area contributed by atoms with E-state index in [9.17, 15) is 18.5 Å². The fourth-order valence-corrected chi connectivity index (χ4v) is 3.64. The molecule has 0 N–H and O–H groups in total. The summed E-state index contributed by atoms with van der Waals surface area (Å²) in [6.07, 6.45) is 1.03. The third-order valence-electron chi connectivity index (χ3n) is 3.20. The van der Waals surface area contributed by atoms with Crippen molar-refractivity contribution < 1.29 is 13.3 Å². The molecule has 0 aliphatic carbocycles. The highest BCUT2D eigenvalue weighted by Crippen LogP contribution is 2.33. The van der Waals surface area contributed by atoms with E-state index in [1.807, 2.05) is 31.2 Å². The molecule has 0 radical (unpaired) electrons. The predicted octanol–water partition coefficient (Wildman–Crippen LogP) is 3.60. The third-order valence-corrected chi connectivity index (χ3v) is 5.42. The standard InChI is InChI=1S/C15H15NO4S2/c1-11-5-3-4-6-12(11)10-21-15-8-7-13(22(2,19)20)9-14(15)16(17)18/h3-9H,10H2,1-2H3. The molecule has 0 aromatic heterocycles. The summed E-state index contributed by atoms with van der Waals surface area (Å²) in [7, 11) is -3.46. The van der Waals surface area contributed by atoms with E-state index in [1.165, 1.54) is 23.9 Å². The quantitative estimate of drug-likeness (QED) is 0.473. The number of hydrogen-bond donors (Lipinski definition) is 0. The Kier molecular flexibility index (Phi) is 4.87. The first-order chi connectivity index (χ1) is 10.3. The predicted molar refractivity (Wildman–Crippen MR) is 86.9 cm³/mol. The lowest BCUT2D eigenvalue weighted by Crippen LogP contribution is -1.99. The maximum absolute atomic E-state index is 11.5. The van der Waals surface area contributed by atoms with Crippen LogP contribution in [0.3, 0.4) is 0 Å². The molecule has 0 saturated heterocycles. The number of sulfone groups is 1. The lowest BCUT2D eigenvalue weighted by Gasteiger charge is -2.07. The zero-order valence-electron chi connectivity index (χ0n) is 12.1. The SMILES string of the molecule is Cc1ccccc1CSc1ccc(S(C)(=O)=O)cc1[N+](=O)[O-]. The van der Waals surface area contributed by atoms with Gasteiger partial charge in [0.1, 0.15) is 0 Å². The lowest BCUT2D eigenvalue weighted by atomic mass is 10.1. The van der Waals surface area contributed by atoms with Crippen molar-refractivity contribution in [3.8, 4) is 0 Å². The second-order valence-corrected chi connectivity index (χ2v) is 7.91. The Morgan fingerprint density at radius 3 is 2.45 bits per heavy atom. The first-order valence-electron chi connectivity index (χ1n) is 6.45. The molecule has 2 aromatic carbocycles. The van der Waals surface area contributed by atoms with E-state index in [2.05, 4.69) is 0 Å². The van der Waals surface area contributed by atoms with Gasteiger partial charge in [0.15, 0.2) is 9.84 Å². The van der Waals surface area contributed by atoms with Gasteiger partial charge < -0.3 is 0 Å². The van der Waals surface area contributed by atoms with E-state index >= 15 is 0 Å². The number of aryl methyl sites for hydroxylation is 1. The smallest absolute Gasteiger partial charge is 0.258 e. The Labute approximate surface area is 133 Å². The molecule has 0 unspecified atom stereocenters. The number of thioether (sulfide) groups is 1. The van der Waals surface area contributed by atoms with Gasteiger partial charge in [-0.3, -0.25) is 10.1 Å². The average molecular weight is 337 g/mol. The van der Waals surface area contributed by atoms with Crippen LogP contribution in [0.2, 0.25) is 0 Å². The van der Waals surface area contributed by atoms with Crippen LogP contribution in [0.5, 0.6) is 0 Å². The Balaban J connectivity index is 2.31. The maximum Gasteiger partial charge on any atom is 0.284 e. The molecule has 2 rings (SSSR count). The number of nitro groups is 1. The van der Waals surface area contributed by atoms with E-state index in [0.717, 1.165) is 23.4 Å². The summed E-state index contributed by atoms with van der Waals surface area (Å²) in [6.45, 7) is 1.98. The lowest BCUT2D eigenvalue weighted by molar-refractivity contribution is -0.388. The van der Waals surface area contributed by atoms with E-state index in [-0.39, 0.29) is 10.6 Å². The minimum absolute atomic E-state index is 0.0422. The summed E-state index contributed by atoms with van der Waals surface area (Å²) in [4.78, 5) is 11.0. The summed E-state index contributed by atoms with van der Waals surface area (Å²) < 4.78 is 23.0. The number of nitrogens with zero attached hydrogens (tertiary/aromatic N) is 1. The highest BCUT2D eigenvalue weighted by Gasteiger charge is 2.19. The van der Waals surface area contributed by atoms with Gasteiger partial charge in [-0.2, -0.15) is 0 Å². The van der Waals surface area contributed by atoms with Crippen molar-refractivity contribution >= 4 is 27.3 Å². The van der Waals surface area contributed by atoms with Gasteiger partial charge in [0.05, 0.1) is 14.7 Å². The first kappa shape index (κ1) is 16.5. The van der Waals surface area contributed by atoms with Crippen LogP contribution in [0.25, 0.3) is 0 Å². The van der Waals surface area contributed by atoms with Crippen molar-refractivity contribution in [2.75, 3.05) is 6.26 Å². The molecular weight excluding hydrogens is 322 g/mol. The number of hydrogen-bond acceptors (Lipinski definition) is 5. The molecule has 0 aliphatic heterocycles. The molecule has 0 saturated carbocycles. The molecule has 0 heterocycles. The summed E-state index contributed by atoms with van der Waals surface area (Å²) in [5, 5.41) is 11.2. The highest BCUT2D eigenvalue weighted by atomic mass is 32.2. The van der Waals surface area contributed by atoms with Crippen LogP contribution in [0.1, 0.15) is 11.1 Å². The molecule has 22 heavy (non-hydrogen) atoms. The molecule has 0 amide bonds. The fraction of sp³-hybridized carbons (Fsp3) is 0.200. The normalized spacial score (nSPS) is 11.4. The van der Waals surface area contributed by atoms with Crippen LogP contribution in [-0.4, -0.2) is 19.6 Å². The van der Waals surface area contributed by atoms with Crippen LogP contribution in [0.4, 0.5) is 5.69 Å². The Hall–Kier alpha value is -1.86. The summed E-state index contributed by atoms with van der Waals surface area (Å²) in [5.74, 6) is 0.589. The minimum atomic E-state index is -3.46. The summed E-state index contributed by atoms with van der Waals surface area (Å²) in [5.41, 5.74) is 2.03. The van der Waals surface area contributed by atoms with Gasteiger partial charge in [-0.05, 0) is 30.2 Å². The second-order valence-electron chi connectivity index (χ2n) is 4.87. The molecule has 5 nitrogen and oxygen atoms in total. The van der Waals surface area contributed by atoms with Gasteiger partial charge in [-0.25, -0.2) is 8.42 Å². The van der Waals surface area contributed by atoms with E-state index in [0.29, 0.717) is 10.6 Å². The topological polar surface area (TPSA) is 77.3 Å². The highest BCUT2D eigenvalue weighted by molar-refractivity contribution is 7.98. The monoisotopic (exact) mass is 337 g/mol. The van der Waals surface area contributed by atoms with Gasteiger partial charge in [-0.15, -0.1) is 11.8 Å². The fourth-order valence-electron chi connectivity index (χ4n) is 1.92. The van der Waals surface area contributed by atoms with Crippen molar-refractivity contribution in [1.29, 1.82) is 0 Å². The van der Waals surface area contributed by atoms with Crippen molar-refractivity contribution in [2.24, 2.45) is 0 Å². The van der Waals surface area contributed by atoms with Crippen LogP contribution < -0.4 is 0 Å². The number of nitro benzene ring substituents is 1. The average Bonchev–Trinajstić information content (AvgIpc) is 2.45. The first-order valence-corrected chi connectivity index (χ1v) is 9.32. The second kappa shape index (κ2) is 6.50. The molecule has 2 aromatic rings. The Bertz CT molecular complexity index is 816. The Morgan fingerprint density at radius 2 is 1.86 bits per heavy atom. The molecule has 0 bridgehead atoms. The number of rotatable bonds is 5. The van der Waals surface area contributed by atoms with E-state index in [4.69, 9.17) is 0 Å². The van der Waals surface area contributed by atoms with Crippen LogP contribution in [0, 0.1) is 17.0 Å². The van der Waals surface area contributed by atoms with Crippen molar-refractivity contribution in [2.45, 2.75) is 22.5 Å². The van der Waals surface area contributed by atoms with Crippen molar-refractivity contribution in [3.63, 3.8) is 0 Å². The largest absolute Gasteiger partial charge is 0.284 e. The molecule has 0 aliphatic rings. The van der Waals surface area contributed by atoms with E-state index in [1.54, 1.807) is 0 Å². The molecule has 116 valence electrons. The van der Waals surface area contributed by atoms with Crippen molar-refractivity contribution in [3.05, 3.63) is 63.7 Å². The van der Waals surface area contributed by atoms with Crippen LogP contribution in [0.15, 0.2) is 52.3 Å². The Morgan fingerprint density at radius 1 is 1.18 bits per heavy atom. The summed E-state index contributed by atoms with van der Waals surface area (Å²) >= 11 is 1.33. The van der Waals surface area contributed by atoms with Crippen LogP contribution in [-0.2, 0) is 15.6 Å². The third kappa shape index (κ3) is 3.86. The molecular formula is C15H15NO4S2. The molecule has 0 atom stereocenters. The van der Waals surface area contributed by atoms with Gasteiger partial charge >= 0.3 is 0 Å². The van der Waals surface area contributed by atoms with Crippen LogP contribution >= 0.6 is 11.8 Å². The summed E-state index contributed by atoms with van der Waals surface area (Å²) in [6, 6.07) is 11.8. The number of benzene rings is 2.